The number of piperidine rings is 1. The fourth-order valence-corrected chi connectivity index (χ4v) is 5.21. The molecule has 3 aromatic heterocycles. The smallest absolute Gasteiger partial charge is 0.231 e. The molecule has 200 valence electrons. The van der Waals surface area contributed by atoms with E-state index < -0.39 is 17.5 Å². The first kappa shape index (κ1) is 26.2. The molecule has 5 rings (SSSR count). The summed E-state index contributed by atoms with van der Waals surface area (Å²) in [5.74, 6) is -1.83. The van der Waals surface area contributed by atoms with E-state index >= 15 is 0 Å². The molecule has 1 saturated heterocycles. The predicted octanol–water partition coefficient (Wildman–Crippen LogP) is 4.10. The second-order valence-corrected chi connectivity index (χ2v) is 9.92. The minimum absolute atomic E-state index is 0.0364. The molecule has 1 fully saturated rings. The highest BCUT2D eigenvalue weighted by Gasteiger charge is 2.29. The first-order valence-electron chi connectivity index (χ1n) is 12.3. The molecule has 0 radical (unpaired) electrons. The topological polar surface area (TPSA) is 126 Å². The van der Waals surface area contributed by atoms with Crippen LogP contribution < -0.4 is 15.5 Å². The van der Waals surface area contributed by atoms with Crippen molar-refractivity contribution < 1.29 is 18.4 Å². The minimum atomic E-state index is -1.04. The molecule has 1 aromatic carbocycles. The summed E-state index contributed by atoms with van der Waals surface area (Å²) in [6.07, 6.45) is 4.19. The third-order valence-electron chi connectivity index (χ3n) is 6.14. The number of benzene rings is 1. The van der Waals surface area contributed by atoms with E-state index in [0.717, 1.165) is 31.9 Å². The standard InChI is InChI=1S/C26H24F2N8O2S/c27-18-8-5-6-16(24(18)28)14-22(37)31-26-35-34-25(39-26)19-9-2-4-13-36(19)21-11-10-20(32-33-21)30-23(38)15-17-7-1-3-12-29-17/h1,3,5-8,10-12,19H,2,4,9,13-15H2,(H,30,32,38)(H,31,35,37). The largest absolute Gasteiger partial charge is 0.346 e. The number of pyridine rings is 1. The van der Waals surface area contributed by atoms with Crippen molar-refractivity contribution in [1.82, 2.24) is 25.4 Å². The molecule has 0 saturated carbocycles. The molecule has 10 nitrogen and oxygen atoms in total. The van der Waals surface area contributed by atoms with E-state index in [1.165, 1.54) is 23.5 Å². The van der Waals surface area contributed by atoms with Gasteiger partial charge in [-0.15, -0.1) is 20.4 Å². The summed E-state index contributed by atoms with van der Waals surface area (Å²) in [7, 11) is 0. The van der Waals surface area contributed by atoms with Crippen molar-refractivity contribution in [1.29, 1.82) is 0 Å². The lowest BCUT2D eigenvalue weighted by molar-refractivity contribution is -0.116. The zero-order valence-electron chi connectivity index (χ0n) is 20.7. The van der Waals surface area contributed by atoms with Crippen LogP contribution in [0.1, 0.15) is 41.6 Å². The quantitative estimate of drug-likeness (QED) is 0.336. The Labute approximate surface area is 226 Å². The number of aromatic nitrogens is 5. The zero-order valence-corrected chi connectivity index (χ0v) is 21.5. The molecule has 4 aromatic rings. The molecule has 2 N–H and O–H groups in total. The second-order valence-electron chi connectivity index (χ2n) is 8.91. The van der Waals surface area contributed by atoms with Crippen molar-refractivity contribution in [3.63, 3.8) is 0 Å². The Morgan fingerprint density at radius 2 is 1.79 bits per heavy atom. The highest BCUT2D eigenvalue weighted by Crippen LogP contribution is 2.36. The highest BCUT2D eigenvalue weighted by molar-refractivity contribution is 7.15. The Balaban J connectivity index is 1.22. The maximum Gasteiger partial charge on any atom is 0.231 e. The molecule has 13 heteroatoms. The van der Waals surface area contributed by atoms with Crippen LogP contribution in [-0.4, -0.2) is 43.7 Å². The Morgan fingerprint density at radius 1 is 0.923 bits per heavy atom. The van der Waals surface area contributed by atoms with Gasteiger partial charge < -0.3 is 15.5 Å². The van der Waals surface area contributed by atoms with Gasteiger partial charge in [0.15, 0.2) is 23.3 Å². The van der Waals surface area contributed by atoms with Crippen molar-refractivity contribution in [3.8, 4) is 0 Å². The highest BCUT2D eigenvalue weighted by atomic mass is 32.1. The third-order valence-corrected chi connectivity index (χ3v) is 7.08. The Morgan fingerprint density at radius 3 is 2.59 bits per heavy atom. The van der Waals surface area contributed by atoms with Crippen molar-refractivity contribution in [3.05, 3.63) is 82.6 Å². The van der Waals surface area contributed by atoms with Crippen LogP contribution in [0.4, 0.5) is 25.5 Å². The number of carbonyl (C=O) groups is 2. The number of rotatable bonds is 8. The lowest BCUT2D eigenvalue weighted by atomic mass is 10.0. The van der Waals surface area contributed by atoms with Gasteiger partial charge in [0.1, 0.15) is 5.01 Å². The van der Waals surface area contributed by atoms with Crippen LogP contribution in [0.5, 0.6) is 0 Å². The van der Waals surface area contributed by atoms with E-state index in [4.69, 9.17) is 0 Å². The number of carbonyl (C=O) groups excluding carboxylic acids is 2. The van der Waals surface area contributed by atoms with Crippen molar-refractivity contribution >= 4 is 39.9 Å². The van der Waals surface area contributed by atoms with Gasteiger partial charge in [-0.1, -0.05) is 29.5 Å². The van der Waals surface area contributed by atoms with Gasteiger partial charge in [-0.2, -0.15) is 0 Å². The van der Waals surface area contributed by atoms with Gasteiger partial charge in [0.2, 0.25) is 16.9 Å². The van der Waals surface area contributed by atoms with Gasteiger partial charge >= 0.3 is 0 Å². The van der Waals surface area contributed by atoms with Crippen LogP contribution in [-0.2, 0) is 22.4 Å². The Kier molecular flexibility index (Phi) is 8.06. The van der Waals surface area contributed by atoms with Crippen molar-refractivity contribution in [2.45, 2.75) is 38.1 Å². The van der Waals surface area contributed by atoms with Crippen LogP contribution in [0.3, 0.4) is 0 Å². The molecular weight excluding hydrogens is 526 g/mol. The average molecular weight is 551 g/mol. The van der Waals surface area contributed by atoms with E-state index in [-0.39, 0.29) is 35.5 Å². The summed E-state index contributed by atoms with van der Waals surface area (Å²) < 4.78 is 27.3. The van der Waals surface area contributed by atoms with E-state index in [0.29, 0.717) is 22.3 Å². The first-order chi connectivity index (χ1) is 19.0. The Bertz CT molecular complexity index is 1450. The number of hydrogen-bond donors (Lipinski definition) is 2. The van der Waals surface area contributed by atoms with Gasteiger partial charge in [0, 0.05) is 24.0 Å². The maximum atomic E-state index is 13.9. The first-order valence-corrected chi connectivity index (χ1v) is 13.1. The van der Waals surface area contributed by atoms with Gasteiger partial charge in [-0.3, -0.25) is 14.6 Å². The molecule has 0 bridgehead atoms. The monoisotopic (exact) mass is 550 g/mol. The molecule has 4 heterocycles. The van der Waals surface area contributed by atoms with E-state index in [9.17, 15) is 18.4 Å². The van der Waals surface area contributed by atoms with Crippen LogP contribution in [0, 0.1) is 11.6 Å². The van der Waals surface area contributed by atoms with Crippen molar-refractivity contribution in [2.24, 2.45) is 0 Å². The molecule has 1 aliphatic heterocycles. The molecule has 2 amide bonds. The molecule has 0 spiro atoms. The summed E-state index contributed by atoms with van der Waals surface area (Å²) in [6, 6.07) is 12.5. The SMILES string of the molecule is O=C(Cc1ccccn1)Nc1ccc(N2CCCCC2c2nnc(NC(=O)Cc3cccc(F)c3F)s2)nn1. The third kappa shape index (κ3) is 6.55. The van der Waals surface area contributed by atoms with Crippen LogP contribution in [0.25, 0.3) is 0 Å². The van der Waals surface area contributed by atoms with Crippen LogP contribution in [0.15, 0.2) is 54.7 Å². The van der Waals surface area contributed by atoms with Crippen LogP contribution in [0.2, 0.25) is 0 Å². The molecule has 1 aliphatic rings. The molecule has 1 atom stereocenters. The lowest BCUT2D eigenvalue weighted by Crippen LogP contribution is -2.34. The lowest BCUT2D eigenvalue weighted by Gasteiger charge is -2.34. The summed E-state index contributed by atoms with van der Waals surface area (Å²) in [5.41, 5.74) is 0.620. The Hall–Kier alpha value is -4.39. The van der Waals surface area contributed by atoms with Gasteiger partial charge in [0.25, 0.3) is 0 Å². The molecular formula is C26H24F2N8O2S. The fraction of sp³-hybridized carbons (Fsp3) is 0.269. The number of nitrogens with zero attached hydrogens (tertiary/aromatic N) is 6. The zero-order chi connectivity index (χ0) is 27.2. The van der Waals surface area contributed by atoms with E-state index in [2.05, 4.69) is 40.9 Å². The van der Waals surface area contributed by atoms with E-state index in [1.54, 1.807) is 30.5 Å². The van der Waals surface area contributed by atoms with Gasteiger partial charge in [-0.25, -0.2) is 8.78 Å². The maximum absolute atomic E-state index is 13.9. The number of amides is 2. The predicted molar refractivity (Wildman–Crippen MR) is 141 cm³/mol. The number of anilines is 3. The molecule has 0 aliphatic carbocycles. The van der Waals surface area contributed by atoms with Gasteiger partial charge in [-0.05, 0) is 49.6 Å². The average Bonchev–Trinajstić information content (AvgIpc) is 3.40. The van der Waals surface area contributed by atoms with Gasteiger partial charge in [0.05, 0.1) is 18.9 Å². The summed E-state index contributed by atoms with van der Waals surface area (Å²) in [4.78, 5) is 30.9. The summed E-state index contributed by atoms with van der Waals surface area (Å²) in [6.45, 7) is 0.727. The van der Waals surface area contributed by atoms with Crippen LogP contribution >= 0.6 is 11.3 Å². The molecule has 1 unspecified atom stereocenters. The van der Waals surface area contributed by atoms with Crippen molar-refractivity contribution in [2.75, 3.05) is 22.1 Å². The minimum Gasteiger partial charge on any atom is -0.346 e. The fourth-order valence-electron chi connectivity index (χ4n) is 4.30. The normalized spacial score (nSPS) is 15.1. The summed E-state index contributed by atoms with van der Waals surface area (Å²) in [5, 5.41) is 23.2. The number of hydrogen-bond acceptors (Lipinski definition) is 9. The second kappa shape index (κ2) is 12.0. The van der Waals surface area contributed by atoms with E-state index in [1.807, 2.05) is 6.07 Å². The summed E-state index contributed by atoms with van der Waals surface area (Å²) >= 11 is 1.22. The number of halogens is 2. The molecule has 39 heavy (non-hydrogen) atoms. The number of nitrogens with one attached hydrogen (secondary N) is 2.